The second-order valence-corrected chi connectivity index (χ2v) is 5.55. The smallest absolute Gasteiger partial charge is 0.291 e. The second kappa shape index (κ2) is 5.13. The van der Waals surface area contributed by atoms with Gasteiger partial charge in [0.05, 0.1) is 0 Å². The number of carbonyl (C=O) groups is 1. The van der Waals surface area contributed by atoms with Gasteiger partial charge in [-0.05, 0) is 30.5 Å². The molecule has 1 amide bonds. The lowest BCUT2D eigenvalue weighted by molar-refractivity contribution is 0.0941. The molecule has 1 fully saturated rings. The lowest BCUT2D eigenvalue weighted by Gasteiger charge is -2.03. The molecule has 1 aromatic heterocycles. The summed E-state index contributed by atoms with van der Waals surface area (Å²) in [5, 5.41) is 9.59. The number of halogens is 1. The van der Waals surface area contributed by atoms with Crippen LogP contribution in [0.4, 0.5) is 0 Å². The van der Waals surface area contributed by atoms with Crippen molar-refractivity contribution < 1.29 is 4.79 Å². The zero-order valence-corrected chi connectivity index (χ0v) is 11.8. The lowest BCUT2D eigenvalue weighted by Crippen LogP contribution is -2.24. The van der Waals surface area contributed by atoms with Gasteiger partial charge in [-0.15, -0.1) is 5.10 Å². The van der Waals surface area contributed by atoms with E-state index in [0.717, 1.165) is 28.7 Å². The molecule has 6 heteroatoms. The van der Waals surface area contributed by atoms with Crippen LogP contribution in [0.5, 0.6) is 0 Å². The standard InChI is InChI=1S/C13H13BrN4O/c14-10-3-1-2-8(6-10)7-15-13(19)12-16-11(17-18-12)9-4-5-9/h1-3,6,9H,4-5,7H2,(H,15,19)(H,16,17,18). The van der Waals surface area contributed by atoms with Gasteiger partial charge in [-0.25, -0.2) is 4.98 Å². The van der Waals surface area contributed by atoms with Crippen molar-refractivity contribution >= 4 is 21.8 Å². The number of aromatic nitrogens is 3. The highest BCUT2D eigenvalue weighted by Crippen LogP contribution is 2.37. The van der Waals surface area contributed by atoms with Crippen LogP contribution in [0.1, 0.15) is 40.8 Å². The van der Waals surface area contributed by atoms with Crippen LogP contribution in [-0.2, 0) is 6.54 Å². The summed E-state index contributed by atoms with van der Waals surface area (Å²) in [6, 6.07) is 7.80. The molecule has 0 bridgehead atoms. The number of carbonyl (C=O) groups excluding carboxylic acids is 1. The molecule has 98 valence electrons. The molecule has 0 aliphatic heterocycles. The van der Waals surface area contributed by atoms with Crippen LogP contribution in [0.15, 0.2) is 28.7 Å². The molecule has 1 aliphatic carbocycles. The molecule has 3 rings (SSSR count). The predicted octanol–water partition coefficient (Wildman–Crippen LogP) is 2.37. The SMILES string of the molecule is O=C(NCc1cccc(Br)c1)c1n[nH]c(C2CC2)n1. The number of benzene rings is 1. The molecule has 2 aromatic rings. The van der Waals surface area contributed by atoms with Crippen molar-refractivity contribution in [3.8, 4) is 0 Å². The molecule has 0 spiro atoms. The van der Waals surface area contributed by atoms with Crippen molar-refractivity contribution in [3.63, 3.8) is 0 Å². The Kier molecular flexibility index (Phi) is 3.33. The first-order valence-electron chi connectivity index (χ1n) is 6.17. The van der Waals surface area contributed by atoms with E-state index in [9.17, 15) is 4.79 Å². The number of rotatable bonds is 4. The van der Waals surface area contributed by atoms with E-state index in [-0.39, 0.29) is 11.7 Å². The molecule has 19 heavy (non-hydrogen) atoms. The fourth-order valence-corrected chi connectivity index (χ4v) is 2.27. The van der Waals surface area contributed by atoms with E-state index in [1.54, 1.807) is 0 Å². The summed E-state index contributed by atoms with van der Waals surface area (Å²) in [5.41, 5.74) is 1.03. The number of amides is 1. The summed E-state index contributed by atoms with van der Waals surface area (Å²) in [4.78, 5) is 16.1. The number of nitrogens with one attached hydrogen (secondary N) is 2. The predicted molar refractivity (Wildman–Crippen MR) is 73.7 cm³/mol. The van der Waals surface area contributed by atoms with Crippen LogP contribution < -0.4 is 5.32 Å². The van der Waals surface area contributed by atoms with Gasteiger partial charge in [0, 0.05) is 16.9 Å². The fourth-order valence-electron chi connectivity index (χ4n) is 1.82. The van der Waals surface area contributed by atoms with Crippen molar-refractivity contribution in [3.05, 3.63) is 46.0 Å². The molecule has 1 heterocycles. The van der Waals surface area contributed by atoms with Crippen LogP contribution in [-0.4, -0.2) is 21.1 Å². The largest absolute Gasteiger partial charge is 0.345 e. The Bertz CT molecular complexity index is 606. The van der Waals surface area contributed by atoms with Gasteiger partial charge >= 0.3 is 0 Å². The van der Waals surface area contributed by atoms with Gasteiger partial charge in [-0.1, -0.05) is 28.1 Å². The van der Waals surface area contributed by atoms with Crippen molar-refractivity contribution in [2.75, 3.05) is 0 Å². The van der Waals surface area contributed by atoms with E-state index in [2.05, 4.69) is 36.4 Å². The monoisotopic (exact) mass is 320 g/mol. The molecule has 1 saturated carbocycles. The summed E-state index contributed by atoms with van der Waals surface area (Å²) in [6.07, 6.45) is 2.27. The van der Waals surface area contributed by atoms with E-state index < -0.39 is 0 Å². The zero-order chi connectivity index (χ0) is 13.2. The third-order valence-electron chi connectivity index (χ3n) is 3.01. The van der Waals surface area contributed by atoms with Gasteiger partial charge in [0.1, 0.15) is 5.82 Å². The average Bonchev–Trinajstić information content (AvgIpc) is 3.14. The van der Waals surface area contributed by atoms with Gasteiger partial charge in [0.25, 0.3) is 5.91 Å². The van der Waals surface area contributed by atoms with E-state index in [1.807, 2.05) is 24.3 Å². The summed E-state index contributed by atoms with van der Waals surface area (Å²) in [6.45, 7) is 0.464. The highest BCUT2D eigenvalue weighted by molar-refractivity contribution is 9.10. The van der Waals surface area contributed by atoms with Crippen LogP contribution in [0.2, 0.25) is 0 Å². The van der Waals surface area contributed by atoms with Crippen molar-refractivity contribution in [2.45, 2.75) is 25.3 Å². The minimum atomic E-state index is -0.247. The first kappa shape index (κ1) is 12.3. The third-order valence-corrected chi connectivity index (χ3v) is 3.51. The van der Waals surface area contributed by atoms with Gasteiger partial charge < -0.3 is 5.32 Å². The molecule has 0 saturated heterocycles. The molecule has 5 nitrogen and oxygen atoms in total. The van der Waals surface area contributed by atoms with Gasteiger partial charge in [0.2, 0.25) is 5.82 Å². The summed E-state index contributed by atoms with van der Waals surface area (Å²) >= 11 is 3.40. The average molecular weight is 321 g/mol. The number of aromatic amines is 1. The summed E-state index contributed by atoms with van der Waals surface area (Å²) in [5.74, 6) is 1.27. The van der Waals surface area contributed by atoms with Crippen molar-refractivity contribution in [1.82, 2.24) is 20.5 Å². The molecular weight excluding hydrogens is 308 g/mol. The molecule has 0 unspecified atom stereocenters. The third kappa shape index (κ3) is 3.01. The topological polar surface area (TPSA) is 70.7 Å². The summed E-state index contributed by atoms with van der Waals surface area (Å²) in [7, 11) is 0. The Hall–Kier alpha value is -1.69. The van der Waals surface area contributed by atoms with E-state index in [4.69, 9.17) is 0 Å². The normalized spacial score (nSPS) is 14.4. The molecule has 2 N–H and O–H groups in total. The lowest BCUT2D eigenvalue weighted by atomic mass is 10.2. The van der Waals surface area contributed by atoms with Crippen molar-refractivity contribution in [1.29, 1.82) is 0 Å². The molecule has 0 atom stereocenters. The van der Waals surface area contributed by atoms with Crippen LogP contribution in [0.25, 0.3) is 0 Å². The van der Waals surface area contributed by atoms with Crippen molar-refractivity contribution in [2.24, 2.45) is 0 Å². The van der Waals surface area contributed by atoms with E-state index in [1.165, 1.54) is 0 Å². The maximum absolute atomic E-state index is 11.9. The first-order chi connectivity index (χ1) is 9.22. The number of nitrogens with zero attached hydrogens (tertiary/aromatic N) is 2. The molecular formula is C13H13BrN4O. The maximum Gasteiger partial charge on any atom is 0.291 e. The Balaban J connectivity index is 1.61. The highest BCUT2D eigenvalue weighted by Gasteiger charge is 2.28. The van der Waals surface area contributed by atoms with Crippen LogP contribution in [0.3, 0.4) is 0 Å². The number of hydrogen-bond donors (Lipinski definition) is 2. The Morgan fingerprint density at radius 3 is 3.05 bits per heavy atom. The van der Waals surface area contributed by atoms with Gasteiger partial charge in [-0.2, -0.15) is 0 Å². The summed E-state index contributed by atoms with van der Waals surface area (Å²) < 4.78 is 0.994. The Morgan fingerprint density at radius 2 is 2.32 bits per heavy atom. The van der Waals surface area contributed by atoms with E-state index in [0.29, 0.717) is 12.5 Å². The number of hydrogen-bond acceptors (Lipinski definition) is 3. The highest BCUT2D eigenvalue weighted by atomic mass is 79.9. The fraction of sp³-hybridized carbons (Fsp3) is 0.308. The first-order valence-corrected chi connectivity index (χ1v) is 6.96. The Labute approximate surface area is 119 Å². The zero-order valence-electron chi connectivity index (χ0n) is 10.2. The minimum absolute atomic E-state index is 0.219. The minimum Gasteiger partial charge on any atom is -0.345 e. The molecule has 0 radical (unpaired) electrons. The van der Waals surface area contributed by atoms with Gasteiger partial charge in [0.15, 0.2) is 0 Å². The molecule has 1 aliphatic rings. The second-order valence-electron chi connectivity index (χ2n) is 4.63. The quantitative estimate of drug-likeness (QED) is 0.908. The number of H-pyrrole nitrogens is 1. The maximum atomic E-state index is 11.9. The van der Waals surface area contributed by atoms with Gasteiger partial charge in [-0.3, -0.25) is 9.89 Å². The Morgan fingerprint density at radius 1 is 1.47 bits per heavy atom. The van der Waals surface area contributed by atoms with Crippen LogP contribution >= 0.6 is 15.9 Å². The van der Waals surface area contributed by atoms with E-state index >= 15 is 0 Å². The molecule has 1 aromatic carbocycles. The van der Waals surface area contributed by atoms with Crippen LogP contribution in [0, 0.1) is 0 Å².